The van der Waals surface area contributed by atoms with E-state index in [1.165, 1.54) is 0 Å². The zero-order valence-corrected chi connectivity index (χ0v) is 9.47. The minimum atomic E-state index is -0.166. The number of nitrogens with two attached hydrogens (primary N) is 1. The van der Waals surface area contributed by atoms with Crippen molar-refractivity contribution in [2.24, 2.45) is 0 Å². The summed E-state index contributed by atoms with van der Waals surface area (Å²) in [5, 5.41) is 2.80. The number of carbonyl (C=O) groups is 1. The highest BCUT2D eigenvalue weighted by Gasteiger charge is 2.07. The van der Waals surface area contributed by atoms with Crippen LogP contribution in [0.5, 0.6) is 0 Å². The van der Waals surface area contributed by atoms with Crippen molar-refractivity contribution in [3.63, 3.8) is 0 Å². The minimum absolute atomic E-state index is 0.166. The second kappa shape index (κ2) is 4.65. The number of benzene rings is 1. The first-order valence-corrected chi connectivity index (χ1v) is 5.25. The summed E-state index contributed by atoms with van der Waals surface area (Å²) < 4.78 is 0. The first-order chi connectivity index (χ1) is 8.16. The van der Waals surface area contributed by atoms with Crippen molar-refractivity contribution in [3.8, 4) is 0 Å². The fourth-order valence-electron chi connectivity index (χ4n) is 1.45. The van der Waals surface area contributed by atoms with Gasteiger partial charge >= 0.3 is 0 Å². The Kier molecular flexibility index (Phi) is 3.05. The van der Waals surface area contributed by atoms with Crippen molar-refractivity contribution in [2.45, 2.75) is 6.92 Å². The fraction of sp³-hybridized carbons (Fsp3) is 0.0769. The lowest BCUT2D eigenvalue weighted by Crippen LogP contribution is -2.13. The van der Waals surface area contributed by atoms with Gasteiger partial charge in [-0.05, 0) is 43.3 Å². The lowest BCUT2D eigenvalue weighted by Gasteiger charge is -2.07. The van der Waals surface area contributed by atoms with Crippen LogP contribution in [0.4, 0.5) is 11.4 Å². The van der Waals surface area contributed by atoms with E-state index in [9.17, 15) is 4.79 Å². The Balaban J connectivity index is 2.17. The van der Waals surface area contributed by atoms with E-state index < -0.39 is 0 Å². The van der Waals surface area contributed by atoms with Gasteiger partial charge in [0.05, 0.1) is 11.4 Å². The third-order valence-electron chi connectivity index (χ3n) is 2.43. The van der Waals surface area contributed by atoms with Gasteiger partial charge < -0.3 is 11.1 Å². The first-order valence-electron chi connectivity index (χ1n) is 5.25. The third-order valence-corrected chi connectivity index (χ3v) is 2.43. The molecule has 4 heteroatoms. The number of hydrogen-bond donors (Lipinski definition) is 2. The van der Waals surface area contributed by atoms with Gasteiger partial charge in [-0.1, -0.05) is 0 Å². The van der Waals surface area contributed by atoms with Crippen molar-refractivity contribution < 1.29 is 4.79 Å². The van der Waals surface area contributed by atoms with Crippen molar-refractivity contribution >= 4 is 17.3 Å². The van der Waals surface area contributed by atoms with Gasteiger partial charge in [-0.2, -0.15) is 0 Å². The molecule has 0 aliphatic carbocycles. The molecule has 0 radical (unpaired) electrons. The van der Waals surface area contributed by atoms with Crippen molar-refractivity contribution in [1.82, 2.24) is 4.98 Å². The molecule has 2 rings (SSSR count). The van der Waals surface area contributed by atoms with E-state index in [4.69, 9.17) is 5.73 Å². The number of carbonyl (C=O) groups excluding carboxylic acids is 1. The first kappa shape index (κ1) is 11.1. The van der Waals surface area contributed by atoms with E-state index in [-0.39, 0.29) is 5.91 Å². The molecule has 17 heavy (non-hydrogen) atoms. The number of nitrogens with zero attached hydrogens (tertiary/aromatic N) is 1. The number of hydrogen-bond acceptors (Lipinski definition) is 3. The van der Waals surface area contributed by atoms with Crippen LogP contribution < -0.4 is 11.1 Å². The summed E-state index contributed by atoms with van der Waals surface area (Å²) in [5.41, 5.74) is 8.28. The highest BCUT2D eigenvalue weighted by Crippen LogP contribution is 2.13. The van der Waals surface area contributed by atoms with Gasteiger partial charge in [0.15, 0.2) is 0 Å². The summed E-state index contributed by atoms with van der Waals surface area (Å²) in [5.74, 6) is -0.166. The average molecular weight is 227 g/mol. The van der Waals surface area contributed by atoms with Gasteiger partial charge in [0, 0.05) is 17.4 Å². The fourth-order valence-corrected chi connectivity index (χ4v) is 1.45. The van der Waals surface area contributed by atoms with E-state index in [0.717, 1.165) is 5.69 Å². The summed E-state index contributed by atoms with van der Waals surface area (Å²) in [7, 11) is 0. The molecule has 0 aliphatic heterocycles. The molecule has 1 aromatic heterocycles. The lowest BCUT2D eigenvalue weighted by molar-refractivity contribution is 0.102. The molecular formula is C13H13N3O. The van der Waals surface area contributed by atoms with E-state index in [1.807, 2.05) is 13.0 Å². The number of aromatic nitrogens is 1. The van der Waals surface area contributed by atoms with Crippen LogP contribution in [-0.2, 0) is 0 Å². The van der Waals surface area contributed by atoms with Gasteiger partial charge in [0.1, 0.15) is 0 Å². The topological polar surface area (TPSA) is 68.0 Å². The standard InChI is InChI=1S/C13H13N3O/c1-9-12(3-2-8-15-9)16-13(17)10-4-6-11(14)7-5-10/h2-8H,14H2,1H3,(H,16,17). The minimum Gasteiger partial charge on any atom is -0.399 e. The van der Waals surface area contributed by atoms with Crippen LogP contribution in [0.15, 0.2) is 42.6 Å². The second-order valence-corrected chi connectivity index (χ2v) is 3.71. The third kappa shape index (κ3) is 2.60. The van der Waals surface area contributed by atoms with Crippen LogP contribution in [-0.4, -0.2) is 10.9 Å². The molecule has 3 N–H and O–H groups in total. The van der Waals surface area contributed by atoms with Crippen molar-refractivity contribution in [1.29, 1.82) is 0 Å². The number of rotatable bonds is 2. The van der Waals surface area contributed by atoms with E-state index >= 15 is 0 Å². The Morgan fingerprint density at radius 3 is 2.59 bits per heavy atom. The zero-order valence-electron chi connectivity index (χ0n) is 9.47. The summed E-state index contributed by atoms with van der Waals surface area (Å²) in [6.45, 7) is 1.85. The average Bonchev–Trinajstić information content (AvgIpc) is 2.33. The predicted octanol–water partition coefficient (Wildman–Crippen LogP) is 2.22. The molecule has 1 amide bonds. The molecule has 0 spiro atoms. The largest absolute Gasteiger partial charge is 0.399 e. The highest BCUT2D eigenvalue weighted by atomic mass is 16.1. The Morgan fingerprint density at radius 2 is 1.94 bits per heavy atom. The van der Waals surface area contributed by atoms with Crippen LogP contribution >= 0.6 is 0 Å². The predicted molar refractivity (Wildman–Crippen MR) is 67.8 cm³/mol. The molecule has 1 heterocycles. The van der Waals surface area contributed by atoms with Gasteiger partial charge in [-0.15, -0.1) is 0 Å². The Hall–Kier alpha value is -2.36. The summed E-state index contributed by atoms with van der Waals surface area (Å²) in [6, 6.07) is 10.4. The van der Waals surface area contributed by atoms with Crippen LogP contribution in [0.1, 0.15) is 16.1 Å². The molecule has 0 saturated carbocycles. The molecule has 86 valence electrons. The molecule has 0 fully saturated rings. The van der Waals surface area contributed by atoms with Gasteiger partial charge in [-0.3, -0.25) is 9.78 Å². The number of anilines is 2. The van der Waals surface area contributed by atoms with Crippen molar-refractivity contribution in [2.75, 3.05) is 11.1 Å². The number of amides is 1. The van der Waals surface area contributed by atoms with E-state index in [0.29, 0.717) is 16.9 Å². The van der Waals surface area contributed by atoms with Crippen LogP contribution in [0, 0.1) is 6.92 Å². The number of nitrogen functional groups attached to an aromatic ring is 1. The lowest BCUT2D eigenvalue weighted by atomic mass is 10.2. The van der Waals surface area contributed by atoms with Crippen LogP contribution in [0.3, 0.4) is 0 Å². The maximum Gasteiger partial charge on any atom is 0.255 e. The Bertz CT molecular complexity index is 535. The number of aryl methyl sites for hydroxylation is 1. The second-order valence-electron chi connectivity index (χ2n) is 3.71. The summed E-state index contributed by atoms with van der Waals surface area (Å²) in [6.07, 6.45) is 1.69. The number of pyridine rings is 1. The maximum absolute atomic E-state index is 11.9. The van der Waals surface area contributed by atoms with E-state index in [1.54, 1.807) is 36.5 Å². The van der Waals surface area contributed by atoms with Gasteiger partial charge in [-0.25, -0.2) is 0 Å². The van der Waals surface area contributed by atoms with Gasteiger partial charge in [0.25, 0.3) is 5.91 Å². The Labute approximate surface area is 99.5 Å². The summed E-state index contributed by atoms with van der Waals surface area (Å²) >= 11 is 0. The smallest absolute Gasteiger partial charge is 0.255 e. The molecule has 0 bridgehead atoms. The normalized spacial score (nSPS) is 9.94. The monoisotopic (exact) mass is 227 g/mol. The molecular weight excluding hydrogens is 214 g/mol. The quantitative estimate of drug-likeness (QED) is 0.773. The molecule has 0 unspecified atom stereocenters. The maximum atomic E-state index is 11.9. The van der Waals surface area contributed by atoms with Crippen LogP contribution in [0.2, 0.25) is 0 Å². The Morgan fingerprint density at radius 1 is 1.24 bits per heavy atom. The molecule has 0 atom stereocenters. The SMILES string of the molecule is Cc1ncccc1NC(=O)c1ccc(N)cc1. The molecule has 4 nitrogen and oxygen atoms in total. The highest BCUT2D eigenvalue weighted by molar-refractivity contribution is 6.04. The number of nitrogens with one attached hydrogen (secondary N) is 1. The molecule has 2 aromatic rings. The van der Waals surface area contributed by atoms with Crippen molar-refractivity contribution in [3.05, 3.63) is 53.9 Å². The molecule has 1 aromatic carbocycles. The summed E-state index contributed by atoms with van der Waals surface area (Å²) in [4.78, 5) is 16.0. The van der Waals surface area contributed by atoms with Gasteiger partial charge in [0.2, 0.25) is 0 Å². The van der Waals surface area contributed by atoms with E-state index in [2.05, 4.69) is 10.3 Å². The van der Waals surface area contributed by atoms with Crippen LogP contribution in [0.25, 0.3) is 0 Å². The zero-order chi connectivity index (χ0) is 12.3. The molecule has 0 saturated heterocycles. The molecule has 0 aliphatic rings.